The molecule has 1 atom stereocenters. The maximum absolute atomic E-state index is 9.77. The topological polar surface area (TPSA) is 29.5 Å². The fraction of sp³-hybridized carbons (Fsp3) is 0.481. The van der Waals surface area contributed by atoms with Crippen LogP contribution in [0.5, 0.6) is 11.5 Å². The molecular weight excluding hydrogens is 356 g/mol. The van der Waals surface area contributed by atoms with E-state index in [2.05, 4.69) is 65.0 Å². The molecule has 158 valence electrons. The number of ether oxygens (including phenoxy) is 1. The van der Waals surface area contributed by atoms with E-state index in [1.165, 1.54) is 16.7 Å². The molecule has 0 aromatic heterocycles. The molecule has 0 radical (unpaired) electrons. The van der Waals surface area contributed by atoms with Crippen LogP contribution in [0.25, 0.3) is 6.08 Å². The lowest BCUT2D eigenvalue weighted by atomic mass is 9.93. The highest BCUT2D eigenvalue weighted by Crippen LogP contribution is 2.38. The zero-order valence-corrected chi connectivity index (χ0v) is 19.1. The zero-order chi connectivity index (χ0) is 21.4. The van der Waals surface area contributed by atoms with Crippen molar-refractivity contribution in [3.8, 4) is 11.5 Å². The number of phenolic OH excluding ortho intramolecular Hbond substituents is 1. The fourth-order valence-electron chi connectivity index (χ4n) is 3.66. The zero-order valence-electron chi connectivity index (χ0n) is 19.1. The van der Waals surface area contributed by atoms with Crippen molar-refractivity contribution in [3.05, 3.63) is 64.3 Å². The number of phenols is 1. The number of rotatable bonds is 9. The van der Waals surface area contributed by atoms with Crippen LogP contribution in [-0.4, -0.2) is 10.7 Å². The summed E-state index contributed by atoms with van der Waals surface area (Å²) >= 11 is 0. The van der Waals surface area contributed by atoms with Gasteiger partial charge in [0.05, 0.1) is 0 Å². The number of allylic oxidation sites excluding steroid dienone is 6. The lowest BCUT2D eigenvalue weighted by Gasteiger charge is -2.32. The Morgan fingerprint density at radius 3 is 2.24 bits per heavy atom. The van der Waals surface area contributed by atoms with Gasteiger partial charge in [-0.05, 0) is 104 Å². The maximum atomic E-state index is 9.77. The van der Waals surface area contributed by atoms with Gasteiger partial charge < -0.3 is 9.84 Å². The van der Waals surface area contributed by atoms with Gasteiger partial charge in [-0.15, -0.1) is 0 Å². The number of aryl methyl sites for hydroxylation is 1. The van der Waals surface area contributed by atoms with Crippen LogP contribution in [-0.2, 0) is 0 Å². The fourth-order valence-corrected chi connectivity index (χ4v) is 3.66. The van der Waals surface area contributed by atoms with Crippen molar-refractivity contribution in [2.24, 2.45) is 0 Å². The van der Waals surface area contributed by atoms with E-state index in [4.69, 9.17) is 4.74 Å². The molecule has 1 aliphatic rings. The summed E-state index contributed by atoms with van der Waals surface area (Å²) in [4.78, 5) is 0. The minimum atomic E-state index is -0.299. The molecule has 1 heterocycles. The monoisotopic (exact) mass is 394 g/mol. The highest BCUT2D eigenvalue weighted by Gasteiger charge is 2.27. The van der Waals surface area contributed by atoms with Gasteiger partial charge in [-0.2, -0.15) is 0 Å². The standard InChI is InChI=1S/C27H38O2/c1-20(2)10-7-11-21(3)12-8-13-22(4)14-9-16-27(6)17-15-24-19-25(28)18-23(5)26(24)29-27/h10,12,14-15,17-19,28H,7-9,11,13,16H2,1-6H3/b21-12+,22-14+. The van der Waals surface area contributed by atoms with Crippen LogP contribution in [0.4, 0.5) is 0 Å². The molecule has 0 bridgehead atoms. The summed E-state index contributed by atoms with van der Waals surface area (Å²) in [5, 5.41) is 9.77. The summed E-state index contributed by atoms with van der Waals surface area (Å²) in [6.45, 7) is 12.9. The lowest BCUT2D eigenvalue weighted by molar-refractivity contribution is 0.127. The molecule has 0 saturated carbocycles. The summed E-state index contributed by atoms with van der Waals surface area (Å²) in [6, 6.07) is 3.52. The number of hydrogen-bond donors (Lipinski definition) is 1. The largest absolute Gasteiger partial charge is 0.508 e. The molecular formula is C27H38O2. The van der Waals surface area contributed by atoms with Gasteiger partial charge in [-0.25, -0.2) is 0 Å². The summed E-state index contributed by atoms with van der Waals surface area (Å²) in [7, 11) is 0. The van der Waals surface area contributed by atoms with E-state index in [-0.39, 0.29) is 11.4 Å². The Hall–Kier alpha value is -2.22. The van der Waals surface area contributed by atoms with Crippen LogP contribution in [0.1, 0.15) is 84.3 Å². The molecule has 1 aromatic carbocycles. The predicted molar refractivity (Wildman–Crippen MR) is 126 cm³/mol. The van der Waals surface area contributed by atoms with Gasteiger partial charge in [0.2, 0.25) is 0 Å². The average molecular weight is 395 g/mol. The Morgan fingerprint density at radius 2 is 1.59 bits per heavy atom. The molecule has 2 nitrogen and oxygen atoms in total. The first kappa shape index (κ1) is 23.1. The van der Waals surface area contributed by atoms with E-state index in [1.54, 1.807) is 12.1 Å². The average Bonchev–Trinajstić information content (AvgIpc) is 2.62. The second kappa shape index (κ2) is 10.5. The normalized spacial score (nSPS) is 19.0. The maximum Gasteiger partial charge on any atom is 0.131 e. The molecule has 0 saturated heterocycles. The van der Waals surface area contributed by atoms with Crippen LogP contribution >= 0.6 is 0 Å². The van der Waals surface area contributed by atoms with Crippen LogP contribution in [0.3, 0.4) is 0 Å². The molecule has 1 aromatic rings. The predicted octanol–water partition coefficient (Wildman–Crippen LogP) is 8.06. The van der Waals surface area contributed by atoms with Gasteiger partial charge in [0, 0.05) is 5.56 Å². The number of benzene rings is 1. The molecule has 0 aliphatic carbocycles. The van der Waals surface area contributed by atoms with Gasteiger partial charge in [-0.1, -0.05) is 41.0 Å². The van der Waals surface area contributed by atoms with Crippen molar-refractivity contribution in [1.82, 2.24) is 0 Å². The van der Waals surface area contributed by atoms with Gasteiger partial charge >= 0.3 is 0 Å². The Morgan fingerprint density at radius 1 is 0.966 bits per heavy atom. The van der Waals surface area contributed by atoms with E-state index in [1.807, 2.05) is 6.92 Å². The summed E-state index contributed by atoms with van der Waals surface area (Å²) in [5.41, 5.74) is 5.98. The molecule has 0 amide bonds. The Kier molecular flexibility index (Phi) is 8.37. The van der Waals surface area contributed by atoms with Crippen molar-refractivity contribution < 1.29 is 9.84 Å². The summed E-state index contributed by atoms with van der Waals surface area (Å²) in [6.07, 6.45) is 17.7. The lowest BCUT2D eigenvalue weighted by Crippen LogP contribution is -2.32. The number of hydrogen-bond acceptors (Lipinski definition) is 2. The molecule has 0 spiro atoms. The van der Waals surface area contributed by atoms with E-state index in [0.29, 0.717) is 0 Å². The third kappa shape index (κ3) is 7.61. The van der Waals surface area contributed by atoms with Crippen LogP contribution in [0.2, 0.25) is 0 Å². The van der Waals surface area contributed by atoms with Gasteiger partial charge in [0.15, 0.2) is 0 Å². The second-order valence-electron chi connectivity index (χ2n) is 8.93. The SMILES string of the molecule is CC(C)=CCC/C(C)=C/CC/C(C)=C/CCC1(C)C=Cc2cc(O)cc(C)c2O1. The number of fused-ring (bicyclic) bond motifs is 1. The van der Waals surface area contributed by atoms with Gasteiger partial charge in [0.1, 0.15) is 17.1 Å². The minimum absolute atomic E-state index is 0.290. The van der Waals surface area contributed by atoms with Crippen molar-refractivity contribution in [2.45, 2.75) is 85.7 Å². The van der Waals surface area contributed by atoms with Gasteiger partial charge in [-0.3, -0.25) is 0 Å². The van der Waals surface area contributed by atoms with E-state index in [9.17, 15) is 5.11 Å². The Balaban J connectivity index is 1.81. The molecule has 2 rings (SSSR count). The van der Waals surface area contributed by atoms with Crippen LogP contribution in [0.15, 0.2) is 53.2 Å². The highest BCUT2D eigenvalue weighted by atomic mass is 16.5. The third-order valence-corrected chi connectivity index (χ3v) is 5.50. The minimum Gasteiger partial charge on any atom is -0.508 e. The quantitative estimate of drug-likeness (QED) is 0.429. The first-order valence-electron chi connectivity index (χ1n) is 10.8. The van der Waals surface area contributed by atoms with Crippen molar-refractivity contribution >= 4 is 6.08 Å². The first-order chi connectivity index (χ1) is 13.7. The van der Waals surface area contributed by atoms with E-state index in [0.717, 1.165) is 55.4 Å². The molecule has 2 heteroatoms. The summed E-state index contributed by atoms with van der Waals surface area (Å²) < 4.78 is 6.31. The van der Waals surface area contributed by atoms with Crippen molar-refractivity contribution in [1.29, 1.82) is 0 Å². The van der Waals surface area contributed by atoms with E-state index < -0.39 is 0 Å². The third-order valence-electron chi connectivity index (χ3n) is 5.50. The Bertz CT molecular complexity index is 819. The molecule has 0 fully saturated rings. The molecule has 1 unspecified atom stereocenters. The van der Waals surface area contributed by atoms with Crippen molar-refractivity contribution in [2.75, 3.05) is 0 Å². The highest BCUT2D eigenvalue weighted by molar-refractivity contribution is 5.65. The van der Waals surface area contributed by atoms with Crippen LogP contribution < -0.4 is 4.74 Å². The second-order valence-corrected chi connectivity index (χ2v) is 8.93. The summed E-state index contributed by atoms with van der Waals surface area (Å²) in [5.74, 6) is 1.18. The van der Waals surface area contributed by atoms with Crippen LogP contribution in [0, 0.1) is 6.92 Å². The smallest absolute Gasteiger partial charge is 0.131 e. The molecule has 1 N–H and O–H groups in total. The number of aromatic hydroxyl groups is 1. The van der Waals surface area contributed by atoms with E-state index >= 15 is 0 Å². The van der Waals surface area contributed by atoms with Crippen molar-refractivity contribution in [3.63, 3.8) is 0 Å². The van der Waals surface area contributed by atoms with Gasteiger partial charge in [0.25, 0.3) is 0 Å². The first-order valence-corrected chi connectivity index (χ1v) is 10.8. The Labute approximate surface area is 177 Å². The molecule has 29 heavy (non-hydrogen) atoms. The molecule has 1 aliphatic heterocycles.